The highest BCUT2D eigenvalue weighted by molar-refractivity contribution is 9.10. The third kappa shape index (κ3) is 4.62. The average Bonchev–Trinajstić information content (AvgIpc) is 2.39. The fourth-order valence-corrected chi connectivity index (χ4v) is 2.67. The van der Waals surface area contributed by atoms with Crippen molar-refractivity contribution in [3.8, 4) is 0 Å². The second-order valence-corrected chi connectivity index (χ2v) is 5.84. The number of alkyl halides is 3. The van der Waals surface area contributed by atoms with Gasteiger partial charge in [-0.1, -0.05) is 0 Å². The number of piperazine rings is 1. The number of rotatable bonds is 3. The van der Waals surface area contributed by atoms with Crippen molar-refractivity contribution in [2.75, 3.05) is 32.7 Å². The second kappa shape index (κ2) is 6.58. The predicted molar refractivity (Wildman–Crippen MR) is 71.8 cm³/mol. The Morgan fingerprint density at radius 2 is 1.57 bits per heavy atom. The highest BCUT2D eigenvalue weighted by atomic mass is 79.9. The fourth-order valence-electron chi connectivity index (χ4n) is 2.30. The molecule has 1 aromatic carbocycles. The molecule has 1 aliphatic rings. The summed E-state index contributed by atoms with van der Waals surface area (Å²) in [5.74, 6) is -1.30. The number of benzene rings is 1. The Hall–Kier alpha value is -0.730. The van der Waals surface area contributed by atoms with E-state index < -0.39 is 24.4 Å². The van der Waals surface area contributed by atoms with Crippen LogP contribution in [0.3, 0.4) is 0 Å². The zero-order valence-corrected chi connectivity index (χ0v) is 12.6. The van der Waals surface area contributed by atoms with Gasteiger partial charge < -0.3 is 0 Å². The van der Waals surface area contributed by atoms with Gasteiger partial charge >= 0.3 is 6.18 Å². The molecule has 8 heteroatoms. The summed E-state index contributed by atoms with van der Waals surface area (Å²) < 4.78 is 64.5. The van der Waals surface area contributed by atoms with Crippen molar-refractivity contribution in [1.82, 2.24) is 9.80 Å². The van der Waals surface area contributed by atoms with Crippen LogP contribution in [0.2, 0.25) is 0 Å². The zero-order valence-electron chi connectivity index (χ0n) is 11.1. The van der Waals surface area contributed by atoms with Gasteiger partial charge in [-0.05, 0) is 28.1 Å². The van der Waals surface area contributed by atoms with E-state index in [1.165, 1.54) is 17.0 Å². The first kappa shape index (κ1) is 16.6. The summed E-state index contributed by atoms with van der Waals surface area (Å²) in [6, 6.07) is 2.46. The van der Waals surface area contributed by atoms with E-state index in [4.69, 9.17) is 0 Å². The van der Waals surface area contributed by atoms with Crippen LogP contribution < -0.4 is 0 Å². The van der Waals surface area contributed by atoms with Crippen molar-refractivity contribution in [1.29, 1.82) is 0 Å². The molecule has 21 heavy (non-hydrogen) atoms. The summed E-state index contributed by atoms with van der Waals surface area (Å²) >= 11 is 2.99. The van der Waals surface area contributed by atoms with Crippen LogP contribution in [0.4, 0.5) is 22.0 Å². The predicted octanol–water partition coefficient (Wildman–Crippen LogP) is 3.41. The third-order valence-corrected chi connectivity index (χ3v) is 4.00. The van der Waals surface area contributed by atoms with Crippen LogP contribution in [0.5, 0.6) is 0 Å². The Morgan fingerprint density at radius 1 is 1.00 bits per heavy atom. The van der Waals surface area contributed by atoms with E-state index in [2.05, 4.69) is 15.9 Å². The van der Waals surface area contributed by atoms with Gasteiger partial charge in [0, 0.05) is 38.3 Å². The molecule has 0 radical (unpaired) electrons. The third-order valence-electron chi connectivity index (χ3n) is 3.39. The van der Waals surface area contributed by atoms with Gasteiger partial charge in [0.2, 0.25) is 0 Å². The summed E-state index contributed by atoms with van der Waals surface area (Å²) in [4.78, 5) is 3.05. The van der Waals surface area contributed by atoms with Crippen molar-refractivity contribution < 1.29 is 22.0 Å². The maximum absolute atomic E-state index is 13.8. The molecule has 2 rings (SSSR count). The highest BCUT2D eigenvalue weighted by Crippen LogP contribution is 2.24. The lowest BCUT2D eigenvalue weighted by atomic mass is 10.1. The Morgan fingerprint density at radius 3 is 2.14 bits per heavy atom. The van der Waals surface area contributed by atoms with E-state index >= 15 is 0 Å². The summed E-state index contributed by atoms with van der Waals surface area (Å²) in [7, 11) is 0. The fraction of sp³-hybridized carbons (Fsp3) is 0.538. The molecule has 1 saturated heterocycles. The lowest BCUT2D eigenvalue weighted by molar-refractivity contribution is -0.149. The second-order valence-electron chi connectivity index (χ2n) is 4.99. The largest absolute Gasteiger partial charge is 0.401 e. The van der Waals surface area contributed by atoms with Crippen molar-refractivity contribution >= 4 is 15.9 Å². The molecule has 0 unspecified atom stereocenters. The van der Waals surface area contributed by atoms with E-state index in [9.17, 15) is 22.0 Å². The van der Waals surface area contributed by atoms with Gasteiger partial charge in [-0.15, -0.1) is 0 Å². The van der Waals surface area contributed by atoms with Crippen LogP contribution in [-0.4, -0.2) is 48.7 Å². The molecule has 2 nitrogen and oxygen atoms in total. The molecular formula is C13H14BrF5N2. The van der Waals surface area contributed by atoms with Crippen molar-refractivity contribution in [3.63, 3.8) is 0 Å². The number of hydrogen-bond donors (Lipinski definition) is 0. The molecule has 0 N–H and O–H groups in total. The molecule has 0 spiro atoms. The topological polar surface area (TPSA) is 6.48 Å². The van der Waals surface area contributed by atoms with E-state index in [-0.39, 0.29) is 29.7 Å². The first-order valence-electron chi connectivity index (χ1n) is 6.40. The van der Waals surface area contributed by atoms with Crippen molar-refractivity contribution in [2.24, 2.45) is 0 Å². The molecule has 1 heterocycles. The highest BCUT2D eigenvalue weighted by Gasteiger charge is 2.32. The first-order valence-corrected chi connectivity index (χ1v) is 7.19. The standard InChI is InChI=1S/C13H14BrF5N2/c14-10-1-2-11(15)9(12(10)16)7-20-3-5-21(6-4-20)8-13(17,18)19/h1-2H,3-8H2. The summed E-state index contributed by atoms with van der Waals surface area (Å²) in [6.45, 7) is 0.272. The molecule has 0 saturated carbocycles. The normalized spacial score (nSPS) is 18.2. The van der Waals surface area contributed by atoms with Gasteiger partial charge in [0.05, 0.1) is 11.0 Å². The zero-order chi connectivity index (χ0) is 15.6. The first-order chi connectivity index (χ1) is 9.76. The number of halogens is 6. The maximum atomic E-state index is 13.8. The molecule has 1 aromatic rings. The van der Waals surface area contributed by atoms with Crippen molar-refractivity contribution in [3.05, 3.63) is 33.8 Å². The van der Waals surface area contributed by atoms with Gasteiger partial charge in [-0.2, -0.15) is 13.2 Å². The molecule has 0 amide bonds. The minimum Gasteiger partial charge on any atom is -0.296 e. The van der Waals surface area contributed by atoms with E-state index in [1.54, 1.807) is 4.90 Å². The monoisotopic (exact) mass is 372 g/mol. The van der Waals surface area contributed by atoms with Crippen molar-refractivity contribution in [2.45, 2.75) is 12.7 Å². The minimum absolute atomic E-state index is 0.0525. The lowest BCUT2D eigenvalue weighted by Crippen LogP contribution is -2.48. The Bertz CT molecular complexity index is 498. The van der Waals surface area contributed by atoms with E-state index in [0.29, 0.717) is 13.1 Å². The summed E-state index contributed by atoms with van der Waals surface area (Å²) in [5, 5.41) is 0. The molecule has 1 fully saturated rings. The Kier molecular flexibility index (Phi) is 5.21. The number of hydrogen-bond acceptors (Lipinski definition) is 2. The van der Waals surface area contributed by atoms with Gasteiger partial charge in [0.15, 0.2) is 0 Å². The van der Waals surface area contributed by atoms with Crippen LogP contribution in [0.25, 0.3) is 0 Å². The number of nitrogens with zero attached hydrogens (tertiary/aromatic N) is 2. The molecule has 0 aliphatic carbocycles. The van der Waals surface area contributed by atoms with Crippen LogP contribution in [0.1, 0.15) is 5.56 Å². The molecule has 0 bridgehead atoms. The minimum atomic E-state index is -4.22. The van der Waals surface area contributed by atoms with Crippen LogP contribution in [0.15, 0.2) is 16.6 Å². The Balaban J connectivity index is 1.94. The summed E-state index contributed by atoms with van der Waals surface area (Å²) in [6.07, 6.45) is -4.22. The Labute approximate surface area is 127 Å². The molecular weight excluding hydrogens is 359 g/mol. The molecule has 118 valence electrons. The van der Waals surface area contributed by atoms with Gasteiger partial charge in [-0.25, -0.2) is 8.78 Å². The van der Waals surface area contributed by atoms with Gasteiger partial charge in [-0.3, -0.25) is 9.80 Å². The van der Waals surface area contributed by atoms with E-state index in [0.717, 1.165) is 0 Å². The maximum Gasteiger partial charge on any atom is 0.401 e. The quantitative estimate of drug-likeness (QED) is 0.592. The smallest absolute Gasteiger partial charge is 0.296 e. The van der Waals surface area contributed by atoms with Crippen LogP contribution in [0, 0.1) is 11.6 Å². The lowest BCUT2D eigenvalue weighted by Gasteiger charge is -2.35. The molecule has 1 aliphatic heterocycles. The summed E-state index contributed by atoms with van der Waals surface area (Å²) in [5.41, 5.74) is -0.0614. The van der Waals surface area contributed by atoms with Crippen LogP contribution in [-0.2, 0) is 6.54 Å². The SMILES string of the molecule is Fc1ccc(Br)c(F)c1CN1CCN(CC(F)(F)F)CC1. The average molecular weight is 373 g/mol. The molecule has 0 atom stereocenters. The van der Waals surface area contributed by atoms with Crippen LogP contribution >= 0.6 is 15.9 Å². The molecule has 0 aromatic heterocycles. The van der Waals surface area contributed by atoms with Gasteiger partial charge in [0.1, 0.15) is 11.6 Å². The van der Waals surface area contributed by atoms with Gasteiger partial charge in [0.25, 0.3) is 0 Å². The van der Waals surface area contributed by atoms with E-state index in [1.807, 2.05) is 0 Å².